The molecule has 454 valence electrons. The van der Waals surface area contributed by atoms with Crippen molar-refractivity contribution in [3.8, 4) is 118 Å². The third kappa shape index (κ3) is 21.0. The first-order valence-electron chi connectivity index (χ1n) is 30.0. The zero-order valence-corrected chi connectivity index (χ0v) is 67.0. The number of hydrogen-bond donors (Lipinski definition) is 0. The first-order valence-corrected chi connectivity index (χ1v) is 30.0. The molecule has 0 N–H and O–H groups in total. The second-order valence-electron chi connectivity index (χ2n) is 22.2. The van der Waals surface area contributed by atoms with E-state index in [2.05, 4.69) is 261 Å². The zero-order valence-electron chi connectivity index (χ0n) is 55.6. The van der Waals surface area contributed by atoms with Crippen molar-refractivity contribution in [3.05, 3.63) is 317 Å². The van der Waals surface area contributed by atoms with Crippen LogP contribution in [0.1, 0.15) is 57.0 Å². The molecule has 0 aliphatic carbocycles. The average Bonchev–Trinajstić information content (AvgIpc) is 0.887. The molecule has 0 saturated heterocycles. The van der Waals surface area contributed by atoms with Gasteiger partial charge in [0.2, 0.25) is 0 Å². The molecule has 0 fully saturated rings. The molecule has 0 aromatic heterocycles. The van der Waals surface area contributed by atoms with Gasteiger partial charge in [0.1, 0.15) is 17.2 Å². The summed E-state index contributed by atoms with van der Waals surface area (Å²) in [5.41, 5.74) is 31.1. The predicted molar refractivity (Wildman–Crippen MR) is 375 cm³/mol. The van der Waals surface area contributed by atoms with E-state index in [4.69, 9.17) is 14.2 Å². The molecule has 0 unspecified atom stereocenters. The Labute approximate surface area is 655 Å². The van der Waals surface area contributed by atoms with E-state index in [-0.39, 0.29) is 131 Å². The summed E-state index contributed by atoms with van der Waals surface area (Å²) in [5, 5.41) is 0. The fraction of sp³-hybridized carbons (Fsp3) is 0.140. The van der Waals surface area contributed by atoms with E-state index >= 15 is 0 Å². The fourth-order valence-electron chi connectivity index (χ4n) is 11.3. The van der Waals surface area contributed by atoms with Gasteiger partial charge in [-0.15, -0.1) is 28.2 Å². The molecule has 12 aromatic carbocycles. The Bertz CT molecular complexity index is 4320. The molecule has 12 rings (SSSR count). The van der Waals surface area contributed by atoms with Crippen LogP contribution < -0.4 is 14.2 Å². The summed E-state index contributed by atoms with van der Waals surface area (Å²) in [6.45, 7) is 19.1. The van der Waals surface area contributed by atoms with Crippen LogP contribution in [0.5, 0.6) is 17.2 Å². The summed E-state index contributed by atoms with van der Waals surface area (Å²) < 4.78 is 15.7. The van der Waals surface area contributed by atoms with Gasteiger partial charge < -0.3 is 14.2 Å². The maximum Gasteiger partial charge on any atom is 0.118 e. The molecule has 0 saturated carbocycles. The van der Waals surface area contributed by atoms with Gasteiger partial charge in [0, 0.05) is 136 Å². The van der Waals surface area contributed by atoms with Gasteiger partial charge in [0.05, 0.1) is 21.3 Å². The molecule has 0 aliphatic rings. The number of hydrogen-bond acceptors (Lipinski definition) is 3. The largest absolute Gasteiger partial charge is 0.497 e. The van der Waals surface area contributed by atoms with Gasteiger partial charge >= 0.3 is 0 Å². The van der Waals surface area contributed by atoms with Gasteiger partial charge in [-0.05, 0) is 197 Å². The molecule has 0 heterocycles. The van der Waals surface area contributed by atoms with Gasteiger partial charge in [-0.25, -0.2) is 0 Å². The van der Waals surface area contributed by atoms with E-state index in [1.54, 1.807) is 21.3 Å². The van der Waals surface area contributed by atoms with Crippen molar-refractivity contribution < 1.29 is 145 Å². The van der Waals surface area contributed by atoms with Crippen LogP contribution in [-0.2, 0) is 131 Å². The van der Waals surface area contributed by atoms with E-state index in [0.717, 1.165) is 22.8 Å². The Kier molecular flexibility index (Phi) is 32.2. The van der Waals surface area contributed by atoms with Crippen LogP contribution in [-0.4, -0.2) is 21.3 Å². The molecule has 0 spiro atoms. The maximum atomic E-state index is 5.25. The van der Waals surface area contributed by atoms with Gasteiger partial charge in [-0.2, -0.15) is 120 Å². The first-order chi connectivity index (χ1) is 43.2. The normalized spacial score (nSPS) is 9.94. The van der Waals surface area contributed by atoms with Crippen LogP contribution in [0.15, 0.2) is 243 Å². The standard InChI is InChI=1S/C23H23O.C22H17.C21H19O.C20H17O.4Y/c1-15-10-16(2)12-21(11-15)23-17(3)13-20(14-18(23)4)19-6-8-22(24-5)9-7-19;1-3-7-18-10-12-19(13-11-18)21-14-15-22(17(2)16-21)20-8-5-4-6-9-20;1-15-16(2)21(18-9-11-19(22-3)12-10-18)14-13-20(15)17-7-5-4-6-8-17;1-15-14-18(16-8-11-19(21-2)12-9-16)10-13-20(15)17-6-4-3-5-7-17;;;;/h6-9,11-14H,1-5H3;5-6,8-16H,1-2H3;5-14H,1-3H3;4-14H,1-2H3;;;;/q4*-1;;;;. The summed E-state index contributed by atoms with van der Waals surface area (Å²) in [6, 6.07) is 96.5. The topological polar surface area (TPSA) is 27.7 Å². The van der Waals surface area contributed by atoms with Gasteiger partial charge in [0.25, 0.3) is 0 Å². The second kappa shape index (κ2) is 38.5. The average molecular weight is 1510 g/mol. The molecule has 7 heteroatoms. The Hall–Kier alpha value is -5.98. The second-order valence-corrected chi connectivity index (χ2v) is 22.2. The van der Waals surface area contributed by atoms with Crippen LogP contribution in [0, 0.1) is 91.5 Å². The van der Waals surface area contributed by atoms with Crippen molar-refractivity contribution in [2.45, 2.75) is 62.3 Å². The van der Waals surface area contributed by atoms with Crippen molar-refractivity contribution >= 4 is 0 Å². The molecule has 0 atom stereocenters. The van der Waals surface area contributed by atoms with Crippen LogP contribution in [0.4, 0.5) is 0 Å². The summed E-state index contributed by atoms with van der Waals surface area (Å²) in [7, 11) is 5.07. The molecular formula is C86H76O3Y4-4. The molecule has 93 heavy (non-hydrogen) atoms. The molecular weight excluding hydrogens is 1440 g/mol. The quantitative estimate of drug-likeness (QED) is 0.0954. The summed E-state index contributed by atoms with van der Waals surface area (Å²) in [4.78, 5) is 0. The third-order valence-corrected chi connectivity index (χ3v) is 16.0. The van der Waals surface area contributed by atoms with Crippen molar-refractivity contribution in [3.63, 3.8) is 0 Å². The number of rotatable bonds is 11. The van der Waals surface area contributed by atoms with Crippen molar-refractivity contribution in [1.29, 1.82) is 0 Å². The van der Waals surface area contributed by atoms with Crippen LogP contribution in [0.3, 0.4) is 0 Å². The monoisotopic (exact) mass is 1510 g/mol. The van der Waals surface area contributed by atoms with Crippen LogP contribution >= 0.6 is 0 Å². The van der Waals surface area contributed by atoms with E-state index in [1.807, 2.05) is 79.7 Å². The SMILES string of the molecule is CC#Cc1ccc(-c2ccc(-c3cc[c-]cc3)c(C)c2)cc1.COc1ccc(-c2cc(C)c(-c3cc(C)[c-]c(C)c3)c(C)c2)cc1.COc1ccc(-c2ccc(-c3cc[c-]cc3)c(C)c2)cc1.COc1ccc(-c2ccc(-c3cc[c-]cc3)c(C)c2C)cc1.[Y].[Y].[Y].[Y]. The first kappa shape index (κ1) is 77.7. The van der Waals surface area contributed by atoms with E-state index in [0.29, 0.717) is 0 Å². The van der Waals surface area contributed by atoms with Crippen LogP contribution in [0.2, 0.25) is 0 Å². The minimum atomic E-state index is 0. The smallest absolute Gasteiger partial charge is 0.118 e. The van der Waals surface area contributed by atoms with Gasteiger partial charge in [-0.1, -0.05) is 129 Å². The van der Waals surface area contributed by atoms with Crippen molar-refractivity contribution in [2.75, 3.05) is 21.3 Å². The minimum Gasteiger partial charge on any atom is -0.497 e. The predicted octanol–water partition coefficient (Wildman–Crippen LogP) is 22.1. The Morgan fingerprint density at radius 1 is 0.280 bits per heavy atom. The number of benzene rings is 12. The minimum absolute atomic E-state index is 0. The Balaban J connectivity index is 0.000000222. The molecule has 0 bridgehead atoms. The van der Waals surface area contributed by atoms with Gasteiger partial charge in [0.15, 0.2) is 0 Å². The number of ether oxygens (including phenoxy) is 3. The zero-order chi connectivity index (χ0) is 62.8. The van der Waals surface area contributed by atoms with Crippen molar-refractivity contribution in [1.82, 2.24) is 0 Å². The van der Waals surface area contributed by atoms with Crippen molar-refractivity contribution in [2.24, 2.45) is 0 Å². The van der Waals surface area contributed by atoms with E-state index in [9.17, 15) is 0 Å². The summed E-state index contributed by atoms with van der Waals surface area (Å²) >= 11 is 0. The summed E-state index contributed by atoms with van der Waals surface area (Å²) in [5.74, 6) is 8.65. The molecule has 4 radical (unpaired) electrons. The molecule has 0 aliphatic heterocycles. The van der Waals surface area contributed by atoms with Crippen LogP contribution in [0.25, 0.3) is 89.0 Å². The number of methoxy groups -OCH3 is 3. The maximum absolute atomic E-state index is 5.25. The molecule has 3 nitrogen and oxygen atoms in total. The Morgan fingerprint density at radius 2 is 0.570 bits per heavy atom. The molecule has 0 amide bonds. The van der Waals surface area contributed by atoms with E-state index in [1.165, 1.54) is 134 Å². The van der Waals surface area contributed by atoms with Gasteiger partial charge in [-0.3, -0.25) is 0 Å². The Morgan fingerprint density at radius 3 is 0.914 bits per heavy atom. The number of aryl methyl sites for hydroxylation is 6. The molecule has 12 aromatic rings. The summed E-state index contributed by atoms with van der Waals surface area (Å²) in [6.07, 6.45) is 0. The fourth-order valence-corrected chi connectivity index (χ4v) is 11.3. The van der Waals surface area contributed by atoms with E-state index < -0.39 is 0 Å². The third-order valence-electron chi connectivity index (χ3n) is 16.0.